The van der Waals surface area contributed by atoms with E-state index in [1.54, 1.807) is 12.3 Å². The topological polar surface area (TPSA) is 64.3 Å². The van der Waals surface area contributed by atoms with E-state index < -0.39 is 5.97 Å². The van der Waals surface area contributed by atoms with E-state index in [2.05, 4.69) is 17.2 Å². The van der Waals surface area contributed by atoms with Crippen molar-refractivity contribution in [2.24, 2.45) is 0 Å². The minimum atomic E-state index is -0.862. The first-order valence-corrected chi connectivity index (χ1v) is 9.75. The summed E-state index contributed by atoms with van der Waals surface area (Å²) in [7, 11) is 0. The molecule has 4 aromatic rings. The van der Waals surface area contributed by atoms with Gasteiger partial charge in [-0.1, -0.05) is 66.7 Å². The van der Waals surface area contributed by atoms with E-state index in [0.717, 1.165) is 27.8 Å². The summed E-state index contributed by atoms with van der Waals surface area (Å²) >= 11 is 0. The van der Waals surface area contributed by atoms with E-state index >= 15 is 0 Å². The summed E-state index contributed by atoms with van der Waals surface area (Å²) in [6, 6.07) is 25.6. The molecule has 0 atom stereocenters. The van der Waals surface area contributed by atoms with E-state index in [4.69, 9.17) is 4.74 Å². The molecule has 3 aromatic carbocycles. The minimum absolute atomic E-state index is 0.0376. The summed E-state index contributed by atoms with van der Waals surface area (Å²) in [5.74, 6) is -0.161. The molecule has 1 heterocycles. The summed E-state index contributed by atoms with van der Waals surface area (Å²) in [5, 5.41) is 13.7. The smallest absolute Gasteiger partial charge is 0.307 e. The zero-order valence-corrected chi connectivity index (χ0v) is 16.4. The second-order valence-electron chi connectivity index (χ2n) is 7.09. The van der Waals surface area contributed by atoms with Crippen LogP contribution >= 0.6 is 0 Å². The quantitative estimate of drug-likeness (QED) is 0.463. The van der Waals surface area contributed by atoms with Crippen LogP contribution in [0.15, 0.2) is 91.3 Å². The molecule has 150 valence electrons. The van der Waals surface area contributed by atoms with Crippen LogP contribution in [0.5, 0.6) is 5.75 Å². The maximum absolute atomic E-state index is 11.2. The molecule has 5 nitrogen and oxygen atoms in total. The van der Waals surface area contributed by atoms with Crippen LogP contribution in [0.2, 0.25) is 0 Å². The highest BCUT2D eigenvalue weighted by Crippen LogP contribution is 2.32. The summed E-state index contributed by atoms with van der Waals surface area (Å²) in [6.07, 6.45) is 3.71. The van der Waals surface area contributed by atoms with Crippen molar-refractivity contribution in [1.82, 2.24) is 9.78 Å². The van der Waals surface area contributed by atoms with Crippen molar-refractivity contribution in [3.63, 3.8) is 0 Å². The van der Waals surface area contributed by atoms with Crippen LogP contribution in [0.25, 0.3) is 11.1 Å². The van der Waals surface area contributed by atoms with Crippen molar-refractivity contribution in [2.75, 3.05) is 0 Å². The molecule has 0 bridgehead atoms. The number of rotatable bonds is 8. The highest BCUT2D eigenvalue weighted by atomic mass is 16.5. The predicted octanol–water partition coefficient (Wildman–Crippen LogP) is 4.80. The predicted molar refractivity (Wildman–Crippen MR) is 115 cm³/mol. The Balaban J connectivity index is 1.61. The zero-order valence-electron chi connectivity index (χ0n) is 16.4. The van der Waals surface area contributed by atoms with Gasteiger partial charge in [0.15, 0.2) is 0 Å². The van der Waals surface area contributed by atoms with Crippen molar-refractivity contribution < 1.29 is 14.6 Å². The lowest BCUT2D eigenvalue weighted by Gasteiger charge is -2.12. The molecular formula is C25H22N2O3. The molecule has 30 heavy (non-hydrogen) atoms. The van der Waals surface area contributed by atoms with E-state index in [-0.39, 0.29) is 6.42 Å². The second-order valence-corrected chi connectivity index (χ2v) is 7.09. The highest BCUT2D eigenvalue weighted by molar-refractivity contribution is 5.74. The molecule has 0 aliphatic heterocycles. The van der Waals surface area contributed by atoms with Crippen molar-refractivity contribution in [2.45, 2.75) is 19.6 Å². The third-order valence-electron chi connectivity index (χ3n) is 4.77. The van der Waals surface area contributed by atoms with Gasteiger partial charge in [-0.25, -0.2) is 0 Å². The first-order valence-electron chi connectivity index (χ1n) is 9.75. The van der Waals surface area contributed by atoms with Gasteiger partial charge in [-0.3, -0.25) is 9.48 Å². The maximum atomic E-state index is 11.2. The molecule has 0 amide bonds. The third-order valence-corrected chi connectivity index (χ3v) is 4.77. The molecular weight excluding hydrogens is 376 g/mol. The van der Waals surface area contributed by atoms with Crippen molar-refractivity contribution in [3.8, 4) is 16.9 Å². The monoisotopic (exact) mass is 398 g/mol. The number of carboxylic acid groups (broad SMARTS) is 1. The number of carboxylic acids is 1. The van der Waals surface area contributed by atoms with Gasteiger partial charge in [-0.15, -0.1) is 0 Å². The fourth-order valence-electron chi connectivity index (χ4n) is 3.31. The average Bonchev–Trinajstić information content (AvgIpc) is 3.22. The van der Waals surface area contributed by atoms with Crippen LogP contribution in [0.1, 0.15) is 16.7 Å². The number of benzene rings is 3. The van der Waals surface area contributed by atoms with Gasteiger partial charge in [-0.05, 0) is 28.8 Å². The van der Waals surface area contributed by atoms with Gasteiger partial charge in [0.05, 0.1) is 19.2 Å². The van der Waals surface area contributed by atoms with Gasteiger partial charge in [0.25, 0.3) is 0 Å². The molecule has 0 aliphatic carbocycles. The van der Waals surface area contributed by atoms with Crippen molar-refractivity contribution in [1.29, 1.82) is 0 Å². The van der Waals surface area contributed by atoms with Crippen LogP contribution in [-0.2, 0) is 24.4 Å². The summed E-state index contributed by atoms with van der Waals surface area (Å²) in [5.41, 5.74) is 4.68. The van der Waals surface area contributed by atoms with Gasteiger partial charge in [-0.2, -0.15) is 5.10 Å². The number of aromatic nitrogens is 2. The van der Waals surface area contributed by atoms with Gasteiger partial charge in [0, 0.05) is 17.3 Å². The van der Waals surface area contributed by atoms with E-state index in [9.17, 15) is 9.90 Å². The fraction of sp³-hybridized carbons (Fsp3) is 0.120. The first-order chi connectivity index (χ1) is 14.7. The number of hydrogen-bond donors (Lipinski definition) is 1. The van der Waals surface area contributed by atoms with Crippen LogP contribution in [0.4, 0.5) is 0 Å². The molecule has 0 unspecified atom stereocenters. The standard InChI is InChI=1S/C25H22N2O3/c28-25(29)14-21-11-12-24(30-18-20-9-5-2-6-10-20)23(13-21)22-15-26-27(17-22)16-19-7-3-1-4-8-19/h1-13,15,17H,14,16,18H2,(H,28,29). The molecule has 0 saturated carbocycles. The van der Waals surface area contributed by atoms with Crippen LogP contribution in [0.3, 0.4) is 0 Å². The number of aliphatic carboxylic acids is 1. The van der Waals surface area contributed by atoms with Crippen LogP contribution in [-0.4, -0.2) is 20.9 Å². The normalized spacial score (nSPS) is 10.7. The van der Waals surface area contributed by atoms with Crippen molar-refractivity contribution >= 4 is 5.97 Å². The molecule has 1 aromatic heterocycles. The largest absolute Gasteiger partial charge is 0.488 e. The van der Waals surface area contributed by atoms with E-state index in [0.29, 0.717) is 18.9 Å². The molecule has 0 fully saturated rings. The number of ether oxygens (including phenoxy) is 1. The molecule has 5 heteroatoms. The van der Waals surface area contributed by atoms with Gasteiger partial charge >= 0.3 is 5.97 Å². The Hall–Kier alpha value is -3.86. The van der Waals surface area contributed by atoms with E-state index in [1.165, 1.54) is 0 Å². The molecule has 0 spiro atoms. The third kappa shape index (κ3) is 4.94. The lowest BCUT2D eigenvalue weighted by Crippen LogP contribution is -2.02. The van der Waals surface area contributed by atoms with Gasteiger partial charge < -0.3 is 9.84 Å². The van der Waals surface area contributed by atoms with Crippen molar-refractivity contribution in [3.05, 3.63) is 108 Å². The van der Waals surface area contributed by atoms with Gasteiger partial charge in [0.2, 0.25) is 0 Å². The molecule has 0 saturated heterocycles. The molecule has 0 aliphatic rings. The molecule has 0 radical (unpaired) electrons. The second kappa shape index (κ2) is 9.09. The number of hydrogen-bond acceptors (Lipinski definition) is 3. The Morgan fingerprint density at radius 3 is 2.30 bits per heavy atom. The minimum Gasteiger partial charge on any atom is -0.488 e. The summed E-state index contributed by atoms with van der Waals surface area (Å²) in [6.45, 7) is 1.10. The Bertz CT molecular complexity index is 1120. The summed E-state index contributed by atoms with van der Waals surface area (Å²) < 4.78 is 7.95. The lowest BCUT2D eigenvalue weighted by atomic mass is 10.0. The highest BCUT2D eigenvalue weighted by Gasteiger charge is 2.12. The first kappa shape index (κ1) is 19.5. The zero-order chi connectivity index (χ0) is 20.8. The van der Waals surface area contributed by atoms with Crippen LogP contribution < -0.4 is 4.74 Å². The Labute approximate surface area is 175 Å². The lowest BCUT2D eigenvalue weighted by molar-refractivity contribution is -0.136. The SMILES string of the molecule is O=C(O)Cc1ccc(OCc2ccccc2)c(-c2cnn(Cc3ccccc3)c2)c1. The van der Waals surface area contributed by atoms with Crippen LogP contribution in [0, 0.1) is 0 Å². The van der Waals surface area contributed by atoms with E-state index in [1.807, 2.05) is 71.5 Å². The Kier molecular flexibility index (Phi) is 5.90. The average molecular weight is 398 g/mol. The number of nitrogens with zero attached hydrogens (tertiary/aromatic N) is 2. The van der Waals surface area contributed by atoms with Gasteiger partial charge in [0.1, 0.15) is 12.4 Å². The maximum Gasteiger partial charge on any atom is 0.307 e. The fourth-order valence-corrected chi connectivity index (χ4v) is 3.31. The Morgan fingerprint density at radius 1 is 0.900 bits per heavy atom. The molecule has 1 N–H and O–H groups in total. The summed E-state index contributed by atoms with van der Waals surface area (Å²) in [4.78, 5) is 11.2. The Morgan fingerprint density at radius 2 is 1.60 bits per heavy atom. The number of carbonyl (C=O) groups is 1. The molecule has 4 rings (SSSR count).